The zero-order valence-electron chi connectivity index (χ0n) is 13.6. The maximum atomic E-state index is 11.4. The number of rotatable bonds is 4. The Labute approximate surface area is 147 Å². The van der Waals surface area contributed by atoms with Crippen LogP contribution in [0.5, 0.6) is 0 Å². The van der Waals surface area contributed by atoms with Crippen molar-refractivity contribution in [3.05, 3.63) is 59.2 Å². The van der Waals surface area contributed by atoms with Gasteiger partial charge in [-0.15, -0.1) is 0 Å². The Bertz CT molecular complexity index is 950. The molecule has 0 heterocycles. The number of aryl methyl sites for hydroxylation is 1. The van der Waals surface area contributed by atoms with E-state index in [1.807, 2.05) is 30.3 Å². The maximum Gasteiger partial charge on any atom is 0.238 e. The molecule has 1 unspecified atom stereocenters. The Morgan fingerprint density at radius 3 is 2.76 bits per heavy atom. The summed E-state index contributed by atoms with van der Waals surface area (Å²) in [4.78, 5) is -0.115. The van der Waals surface area contributed by atoms with Crippen LogP contribution in [0.3, 0.4) is 0 Å². The van der Waals surface area contributed by atoms with E-state index in [0.29, 0.717) is 12.1 Å². The summed E-state index contributed by atoms with van der Waals surface area (Å²) in [5.74, 6) is 0. The van der Waals surface area contributed by atoms with Crippen LogP contribution in [0.25, 0.3) is 0 Å². The van der Waals surface area contributed by atoms with Gasteiger partial charge in [-0.3, -0.25) is 0 Å². The van der Waals surface area contributed by atoms with Crippen molar-refractivity contribution >= 4 is 15.7 Å². The van der Waals surface area contributed by atoms with E-state index in [9.17, 15) is 18.8 Å². The first-order valence-corrected chi connectivity index (χ1v) is 9.50. The van der Waals surface area contributed by atoms with Crippen molar-refractivity contribution in [1.82, 2.24) is 0 Å². The third kappa shape index (κ3) is 3.51. The van der Waals surface area contributed by atoms with E-state index in [1.54, 1.807) is 0 Å². The summed E-state index contributed by atoms with van der Waals surface area (Å²) in [6.07, 6.45) is 2.43. The number of anilines is 1. The van der Waals surface area contributed by atoms with E-state index in [4.69, 9.17) is 5.14 Å². The number of nitrogens with one attached hydrogen (secondary N) is 1. The largest absolute Gasteiger partial charge is 0.383 e. The number of fused-ring (bicyclic) bond motifs is 1. The van der Waals surface area contributed by atoms with Gasteiger partial charge in [0.25, 0.3) is 0 Å². The summed E-state index contributed by atoms with van der Waals surface area (Å²) in [6.45, 7) is 0.230. The quantitative estimate of drug-likeness (QED) is 0.772. The third-order valence-electron chi connectivity index (χ3n) is 4.57. The highest BCUT2D eigenvalue weighted by Gasteiger charge is 2.34. The van der Waals surface area contributed by atoms with Crippen molar-refractivity contribution in [1.29, 1.82) is 5.26 Å². The van der Waals surface area contributed by atoms with Crippen LogP contribution in [0.2, 0.25) is 0 Å². The number of nitriles is 1. The number of nitrogens with two attached hydrogens (primary N) is 1. The van der Waals surface area contributed by atoms with Crippen LogP contribution < -0.4 is 10.5 Å². The summed E-state index contributed by atoms with van der Waals surface area (Å²) in [7, 11) is -3.87. The van der Waals surface area contributed by atoms with E-state index in [2.05, 4.69) is 5.32 Å². The summed E-state index contributed by atoms with van der Waals surface area (Å²) < 4.78 is 22.8. The molecule has 3 rings (SSSR count). The molecule has 0 amide bonds. The second-order valence-corrected chi connectivity index (χ2v) is 7.82. The topological polar surface area (TPSA) is 116 Å². The minimum absolute atomic E-state index is 0.115. The first-order valence-electron chi connectivity index (χ1n) is 7.95. The van der Waals surface area contributed by atoms with Gasteiger partial charge in [-0.1, -0.05) is 24.3 Å². The molecule has 2 aromatic rings. The zero-order chi connectivity index (χ0) is 18.1. The molecule has 1 atom stereocenters. The number of benzene rings is 2. The maximum absolute atomic E-state index is 11.4. The number of primary sulfonamides is 1. The van der Waals surface area contributed by atoms with Gasteiger partial charge in [0.15, 0.2) is 0 Å². The van der Waals surface area contributed by atoms with Gasteiger partial charge >= 0.3 is 0 Å². The lowest BCUT2D eigenvalue weighted by molar-refractivity contribution is 0.0323. The highest BCUT2D eigenvalue weighted by molar-refractivity contribution is 7.89. The minimum Gasteiger partial charge on any atom is -0.383 e. The van der Waals surface area contributed by atoms with Gasteiger partial charge < -0.3 is 10.4 Å². The zero-order valence-corrected chi connectivity index (χ0v) is 14.4. The molecule has 25 heavy (non-hydrogen) atoms. The Morgan fingerprint density at radius 2 is 2.04 bits per heavy atom. The van der Waals surface area contributed by atoms with Crippen molar-refractivity contribution in [2.24, 2.45) is 5.14 Å². The first-order chi connectivity index (χ1) is 11.8. The Morgan fingerprint density at radius 1 is 1.28 bits per heavy atom. The molecule has 0 bridgehead atoms. The first kappa shape index (κ1) is 17.4. The smallest absolute Gasteiger partial charge is 0.238 e. The SMILES string of the molecule is N#Cc1cc(S(N)(=O)=O)ccc1NCC1(O)CCCc2ccccc21. The van der Waals surface area contributed by atoms with Crippen LogP contribution in [0.1, 0.15) is 29.5 Å². The van der Waals surface area contributed by atoms with Gasteiger partial charge in [0.2, 0.25) is 10.0 Å². The summed E-state index contributed by atoms with van der Waals surface area (Å²) in [5.41, 5.74) is 1.63. The number of aliphatic hydroxyl groups is 1. The molecule has 0 spiro atoms. The second kappa shape index (κ2) is 6.48. The monoisotopic (exact) mass is 357 g/mol. The van der Waals surface area contributed by atoms with Gasteiger partial charge in [-0.05, 0) is 48.6 Å². The molecule has 2 aromatic carbocycles. The predicted octanol–water partition coefficient (Wildman–Crippen LogP) is 1.84. The van der Waals surface area contributed by atoms with Crippen molar-refractivity contribution in [3.63, 3.8) is 0 Å². The fourth-order valence-corrected chi connectivity index (χ4v) is 3.81. The van der Waals surface area contributed by atoms with Crippen LogP contribution in [0.15, 0.2) is 47.4 Å². The Kier molecular flexibility index (Phi) is 4.52. The van der Waals surface area contributed by atoms with E-state index < -0.39 is 15.6 Å². The van der Waals surface area contributed by atoms with Gasteiger partial charge in [0.05, 0.1) is 16.1 Å². The molecule has 0 aromatic heterocycles. The highest BCUT2D eigenvalue weighted by atomic mass is 32.2. The third-order valence-corrected chi connectivity index (χ3v) is 5.48. The van der Waals surface area contributed by atoms with Crippen LogP contribution in [-0.4, -0.2) is 20.1 Å². The van der Waals surface area contributed by atoms with Crippen LogP contribution in [0.4, 0.5) is 5.69 Å². The van der Waals surface area contributed by atoms with Gasteiger partial charge in [0, 0.05) is 6.54 Å². The molecule has 0 radical (unpaired) electrons. The fraction of sp³-hybridized carbons (Fsp3) is 0.278. The van der Waals surface area contributed by atoms with Crippen LogP contribution >= 0.6 is 0 Å². The standard InChI is InChI=1S/C18H19N3O3S/c19-11-14-10-15(25(20,23)24)7-8-17(14)21-12-18(22)9-3-5-13-4-1-2-6-16(13)18/h1-2,4,6-8,10,21-22H,3,5,9,12H2,(H2,20,23,24). The Balaban J connectivity index is 1.86. The van der Waals surface area contributed by atoms with Crippen LogP contribution in [0, 0.1) is 11.3 Å². The number of hydrogen-bond donors (Lipinski definition) is 3. The van der Waals surface area contributed by atoms with Crippen LogP contribution in [-0.2, 0) is 22.0 Å². The summed E-state index contributed by atoms with van der Waals surface area (Å²) in [5, 5.41) is 28.5. The molecular weight excluding hydrogens is 338 g/mol. The number of nitrogens with zero attached hydrogens (tertiary/aromatic N) is 1. The summed E-state index contributed by atoms with van der Waals surface area (Å²) in [6, 6.07) is 13.8. The van der Waals surface area contributed by atoms with Crippen molar-refractivity contribution in [2.45, 2.75) is 29.8 Å². The average molecular weight is 357 g/mol. The molecule has 6 nitrogen and oxygen atoms in total. The van der Waals surface area contributed by atoms with E-state index in [1.165, 1.54) is 18.2 Å². The average Bonchev–Trinajstić information content (AvgIpc) is 2.59. The van der Waals surface area contributed by atoms with Crippen molar-refractivity contribution in [2.75, 3.05) is 11.9 Å². The molecule has 7 heteroatoms. The number of hydrogen-bond acceptors (Lipinski definition) is 5. The normalized spacial score (nSPS) is 19.7. The molecule has 4 N–H and O–H groups in total. The van der Waals surface area contributed by atoms with E-state index in [0.717, 1.165) is 24.0 Å². The summed E-state index contributed by atoms with van der Waals surface area (Å²) >= 11 is 0. The molecule has 0 fully saturated rings. The molecule has 1 aliphatic rings. The highest BCUT2D eigenvalue weighted by Crippen LogP contribution is 2.35. The molecule has 1 aliphatic carbocycles. The molecule has 0 aliphatic heterocycles. The Hall–Kier alpha value is -2.40. The lowest BCUT2D eigenvalue weighted by Crippen LogP contribution is -2.37. The van der Waals surface area contributed by atoms with Crippen molar-refractivity contribution < 1.29 is 13.5 Å². The van der Waals surface area contributed by atoms with E-state index >= 15 is 0 Å². The molecule has 0 saturated carbocycles. The minimum atomic E-state index is -3.87. The molecular formula is C18H19N3O3S. The molecule has 130 valence electrons. The predicted molar refractivity (Wildman–Crippen MR) is 94.3 cm³/mol. The lowest BCUT2D eigenvalue weighted by atomic mass is 9.79. The fourth-order valence-electron chi connectivity index (χ4n) is 3.27. The second-order valence-electron chi connectivity index (χ2n) is 6.26. The number of sulfonamides is 1. The van der Waals surface area contributed by atoms with Gasteiger partial charge in [-0.25, -0.2) is 13.6 Å². The molecule has 0 saturated heterocycles. The van der Waals surface area contributed by atoms with Crippen molar-refractivity contribution in [3.8, 4) is 6.07 Å². The van der Waals surface area contributed by atoms with Gasteiger partial charge in [-0.2, -0.15) is 5.26 Å². The van der Waals surface area contributed by atoms with E-state index in [-0.39, 0.29) is 17.0 Å². The van der Waals surface area contributed by atoms with Gasteiger partial charge in [0.1, 0.15) is 11.7 Å². The lowest BCUT2D eigenvalue weighted by Gasteiger charge is -2.35.